The third kappa shape index (κ3) is 4.70. The van der Waals surface area contributed by atoms with Crippen LogP contribution in [0.2, 0.25) is 5.02 Å². The van der Waals surface area contributed by atoms with Crippen LogP contribution in [-0.2, 0) is 16.1 Å². The number of carbonyl (C=O) groups is 4. The summed E-state index contributed by atoms with van der Waals surface area (Å²) in [5.74, 6) is -2.20. The Hall–Kier alpha value is -3.97. The van der Waals surface area contributed by atoms with Gasteiger partial charge in [-0.25, -0.2) is 9.69 Å². The van der Waals surface area contributed by atoms with E-state index < -0.39 is 30.3 Å². The molecule has 1 N–H and O–H groups in total. The third-order valence-electron chi connectivity index (χ3n) is 5.47. The molecule has 7 nitrogen and oxygen atoms in total. The molecule has 1 heterocycles. The van der Waals surface area contributed by atoms with Gasteiger partial charge in [-0.1, -0.05) is 35.9 Å². The maximum atomic E-state index is 13.0. The molecule has 4 rings (SSSR count). The van der Waals surface area contributed by atoms with Crippen molar-refractivity contribution in [3.05, 3.63) is 99.1 Å². The van der Waals surface area contributed by atoms with Crippen LogP contribution in [0, 0.1) is 13.8 Å². The Labute approximate surface area is 201 Å². The maximum absolute atomic E-state index is 13.0. The molecule has 172 valence electrons. The average Bonchev–Trinajstić information content (AvgIpc) is 3.08. The van der Waals surface area contributed by atoms with Crippen molar-refractivity contribution >= 4 is 41.0 Å². The minimum atomic E-state index is -0.769. The zero-order chi connectivity index (χ0) is 24.4. The Bertz CT molecular complexity index is 1320. The lowest BCUT2D eigenvalue weighted by Gasteiger charge is -2.17. The van der Waals surface area contributed by atoms with Gasteiger partial charge in [0.2, 0.25) is 0 Å². The Morgan fingerprint density at radius 2 is 1.62 bits per heavy atom. The van der Waals surface area contributed by atoms with Crippen LogP contribution < -0.4 is 10.2 Å². The molecular formula is C26H21ClN2O5. The summed E-state index contributed by atoms with van der Waals surface area (Å²) in [4.78, 5) is 51.6. The van der Waals surface area contributed by atoms with Crippen molar-refractivity contribution in [3.63, 3.8) is 0 Å². The monoisotopic (exact) mass is 476 g/mol. The predicted octanol–water partition coefficient (Wildman–Crippen LogP) is 4.23. The number of halogens is 1. The van der Waals surface area contributed by atoms with Gasteiger partial charge in [0.25, 0.3) is 17.7 Å². The van der Waals surface area contributed by atoms with Gasteiger partial charge in [-0.05, 0) is 66.9 Å². The molecule has 0 atom stereocenters. The second kappa shape index (κ2) is 9.49. The molecule has 1 aliphatic heterocycles. The van der Waals surface area contributed by atoms with Crippen molar-refractivity contribution in [2.45, 2.75) is 20.4 Å². The molecule has 0 saturated carbocycles. The summed E-state index contributed by atoms with van der Waals surface area (Å²) in [6, 6.07) is 16.7. The lowest BCUT2D eigenvalue weighted by Crippen LogP contribution is -2.30. The van der Waals surface area contributed by atoms with E-state index in [-0.39, 0.29) is 23.2 Å². The van der Waals surface area contributed by atoms with E-state index in [4.69, 9.17) is 16.3 Å². The van der Waals surface area contributed by atoms with Crippen molar-refractivity contribution in [2.75, 3.05) is 11.5 Å². The number of carbonyl (C=O) groups excluding carboxylic acids is 4. The molecule has 0 aliphatic carbocycles. The maximum Gasteiger partial charge on any atom is 0.338 e. The molecule has 34 heavy (non-hydrogen) atoms. The van der Waals surface area contributed by atoms with Crippen LogP contribution in [0.1, 0.15) is 47.8 Å². The second-order valence-corrected chi connectivity index (χ2v) is 8.41. The highest BCUT2D eigenvalue weighted by Gasteiger charge is 2.38. The van der Waals surface area contributed by atoms with Gasteiger partial charge in [-0.2, -0.15) is 0 Å². The number of nitrogens with zero attached hydrogens (tertiary/aromatic N) is 1. The Balaban J connectivity index is 1.42. The number of rotatable bonds is 6. The normalized spacial score (nSPS) is 12.5. The molecule has 0 radical (unpaired) electrons. The number of ether oxygens (including phenoxy) is 1. The molecule has 0 saturated heterocycles. The van der Waals surface area contributed by atoms with Crippen molar-refractivity contribution in [1.29, 1.82) is 0 Å². The summed E-state index contributed by atoms with van der Waals surface area (Å²) in [5.41, 5.74) is 3.45. The third-order valence-corrected chi connectivity index (χ3v) is 5.72. The summed E-state index contributed by atoms with van der Waals surface area (Å²) < 4.78 is 5.08. The van der Waals surface area contributed by atoms with E-state index in [0.717, 1.165) is 21.6 Å². The van der Waals surface area contributed by atoms with E-state index in [2.05, 4.69) is 5.32 Å². The van der Waals surface area contributed by atoms with Gasteiger partial charge in [-0.3, -0.25) is 14.4 Å². The minimum Gasteiger partial charge on any atom is -0.452 e. The second-order valence-electron chi connectivity index (χ2n) is 7.98. The van der Waals surface area contributed by atoms with Gasteiger partial charge < -0.3 is 10.1 Å². The average molecular weight is 477 g/mol. The van der Waals surface area contributed by atoms with Crippen LogP contribution >= 0.6 is 11.6 Å². The highest BCUT2D eigenvalue weighted by molar-refractivity contribution is 6.35. The van der Waals surface area contributed by atoms with Gasteiger partial charge in [0.05, 0.1) is 22.4 Å². The highest BCUT2D eigenvalue weighted by atomic mass is 35.5. The van der Waals surface area contributed by atoms with E-state index >= 15 is 0 Å². The van der Waals surface area contributed by atoms with Crippen LogP contribution in [0.15, 0.2) is 60.7 Å². The zero-order valence-corrected chi connectivity index (χ0v) is 19.3. The standard InChI is InChI=1S/C26H21ClN2O5/c1-15-3-4-16(2)22(11-15)29-24(31)20-10-7-18(12-21(20)25(29)32)26(33)34-14-23(30)28-13-17-5-8-19(27)9-6-17/h3-12H,13-14H2,1-2H3,(H,28,30). The van der Waals surface area contributed by atoms with Gasteiger partial charge >= 0.3 is 5.97 Å². The fourth-order valence-corrected chi connectivity index (χ4v) is 3.74. The fraction of sp³-hybridized carbons (Fsp3) is 0.154. The largest absolute Gasteiger partial charge is 0.452 e. The van der Waals surface area contributed by atoms with Crippen LogP contribution in [0.3, 0.4) is 0 Å². The summed E-state index contributed by atoms with van der Waals surface area (Å²) in [6.45, 7) is 3.47. The van der Waals surface area contributed by atoms with Crippen molar-refractivity contribution in [1.82, 2.24) is 5.32 Å². The van der Waals surface area contributed by atoms with E-state index in [0.29, 0.717) is 10.7 Å². The van der Waals surface area contributed by atoms with Crippen molar-refractivity contribution in [2.24, 2.45) is 0 Å². The molecule has 0 spiro atoms. The number of hydrogen-bond donors (Lipinski definition) is 1. The first-order valence-corrected chi connectivity index (χ1v) is 10.9. The van der Waals surface area contributed by atoms with Gasteiger partial charge in [0.15, 0.2) is 6.61 Å². The van der Waals surface area contributed by atoms with Gasteiger partial charge in [-0.15, -0.1) is 0 Å². The smallest absolute Gasteiger partial charge is 0.338 e. The minimum absolute atomic E-state index is 0.0771. The van der Waals surface area contributed by atoms with E-state index in [1.807, 2.05) is 26.0 Å². The first-order valence-electron chi connectivity index (χ1n) is 10.5. The van der Waals surface area contributed by atoms with Crippen LogP contribution in [0.25, 0.3) is 0 Å². The van der Waals surface area contributed by atoms with Gasteiger partial charge in [0.1, 0.15) is 0 Å². The summed E-state index contributed by atoms with van der Waals surface area (Å²) >= 11 is 5.83. The molecule has 0 bridgehead atoms. The lowest BCUT2D eigenvalue weighted by atomic mass is 10.1. The van der Waals surface area contributed by atoms with E-state index in [1.165, 1.54) is 18.2 Å². The summed E-state index contributed by atoms with van der Waals surface area (Å²) in [7, 11) is 0. The van der Waals surface area contributed by atoms with Crippen LogP contribution in [-0.4, -0.2) is 30.3 Å². The number of anilines is 1. The van der Waals surface area contributed by atoms with Crippen LogP contribution in [0.5, 0.6) is 0 Å². The molecule has 0 fully saturated rings. The first-order chi connectivity index (χ1) is 16.2. The molecule has 3 amide bonds. The van der Waals surface area contributed by atoms with Gasteiger partial charge in [0, 0.05) is 11.6 Å². The molecule has 3 aromatic carbocycles. The van der Waals surface area contributed by atoms with E-state index in [9.17, 15) is 19.2 Å². The Kier molecular flexibility index (Phi) is 6.47. The quantitative estimate of drug-likeness (QED) is 0.424. The molecule has 0 unspecified atom stereocenters. The van der Waals surface area contributed by atoms with Crippen molar-refractivity contribution in [3.8, 4) is 0 Å². The SMILES string of the molecule is Cc1ccc(C)c(N2C(=O)c3ccc(C(=O)OCC(=O)NCc4ccc(Cl)cc4)cc3C2=O)c1. The number of aryl methyl sites for hydroxylation is 2. The highest BCUT2D eigenvalue weighted by Crippen LogP contribution is 2.31. The summed E-state index contributed by atoms with van der Waals surface area (Å²) in [5, 5.41) is 3.24. The zero-order valence-electron chi connectivity index (χ0n) is 18.6. The predicted molar refractivity (Wildman–Crippen MR) is 127 cm³/mol. The molecular weight excluding hydrogens is 456 g/mol. The topological polar surface area (TPSA) is 92.8 Å². The van der Waals surface area contributed by atoms with E-state index in [1.54, 1.807) is 30.3 Å². The molecule has 3 aromatic rings. The van der Waals surface area contributed by atoms with Crippen molar-refractivity contribution < 1.29 is 23.9 Å². The molecule has 1 aliphatic rings. The number of amides is 3. The molecule has 8 heteroatoms. The number of benzene rings is 3. The first kappa shape index (κ1) is 23.2. The number of fused-ring (bicyclic) bond motifs is 1. The van der Waals surface area contributed by atoms with Crippen LogP contribution in [0.4, 0.5) is 5.69 Å². The fourth-order valence-electron chi connectivity index (χ4n) is 3.62. The number of esters is 1. The Morgan fingerprint density at radius 1 is 0.912 bits per heavy atom. The number of nitrogens with one attached hydrogen (secondary N) is 1. The number of hydrogen-bond acceptors (Lipinski definition) is 5. The lowest BCUT2D eigenvalue weighted by molar-refractivity contribution is -0.124. The summed E-state index contributed by atoms with van der Waals surface area (Å²) in [6.07, 6.45) is 0. The molecule has 0 aromatic heterocycles. The Morgan fingerprint density at radius 3 is 2.35 bits per heavy atom. The number of imide groups is 1.